The van der Waals surface area contributed by atoms with E-state index in [1.54, 1.807) is 18.6 Å². The Balaban J connectivity index is 1.93. The third kappa shape index (κ3) is 3.67. The number of thiophene rings is 1. The van der Waals surface area contributed by atoms with Gasteiger partial charge in [-0.2, -0.15) is 0 Å². The smallest absolute Gasteiger partial charge is 0.270 e. The van der Waals surface area contributed by atoms with Crippen LogP contribution in [0.1, 0.15) is 21.7 Å². The fraction of sp³-hybridized carbons (Fsp3) is 0.278. The van der Waals surface area contributed by atoms with Crippen LogP contribution in [0.2, 0.25) is 0 Å². The van der Waals surface area contributed by atoms with Crippen LogP contribution < -0.4 is 9.62 Å². The monoisotopic (exact) mass is 392 g/mol. The normalized spacial score (nSPS) is 17.3. The van der Waals surface area contributed by atoms with E-state index in [0.29, 0.717) is 30.1 Å². The van der Waals surface area contributed by atoms with Gasteiger partial charge >= 0.3 is 0 Å². The Morgan fingerprint density at radius 2 is 2.00 bits per heavy atom. The van der Waals surface area contributed by atoms with Crippen LogP contribution in [-0.4, -0.2) is 34.5 Å². The number of nitrogens with one attached hydrogen (secondary N) is 1. The van der Waals surface area contributed by atoms with Gasteiger partial charge in [0.15, 0.2) is 4.91 Å². The summed E-state index contributed by atoms with van der Waals surface area (Å²) in [5.74, 6) is -0.460. The van der Waals surface area contributed by atoms with Crippen LogP contribution in [0.15, 0.2) is 52.9 Å². The molecule has 26 heavy (non-hydrogen) atoms. The average Bonchev–Trinajstić information content (AvgIpc) is 3.11. The number of hydrogen-bond acceptors (Lipinski definition) is 6. The minimum atomic E-state index is -3.93. The van der Waals surface area contributed by atoms with Crippen LogP contribution >= 0.6 is 11.3 Å². The molecule has 6 nitrogen and oxygen atoms in total. The molecule has 0 unspecified atom stereocenters. The van der Waals surface area contributed by atoms with Gasteiger partial charge < -0.3 is 10.1 Å². The number of ketones is 1. The topological polar surface area (TPSA) is 75.7 Å². The zero-order chi connectivity index (χ0) is 18.6. The number of allylic oxidation sites excluding steroid dienone is 1. The molecule has 0 saturated heterocycles. The summed E-state index contributed by atoms with van der Waals surface area (Å²) in [6.45, 7) is 1.27. The summed E-state index contributed by atoms with van der Waals surface area (Å²) in [6, 6.07) is 11.0. The van der Waals surface area contributed by atoms with E-state index in [-0.39, 0.29) is 11.4 Å². The first-order valence-electron chi connectivity index (χ1n) is 8.17. The van der Waals surface area contributed by atoms with Gasteiger partial charge in [0.05, 0.1) is 12.2 Å². The van der Waals surface area contributed by atoms with Crippen LogP contribution in [0.25, 0.3) is 0 Å². The Hall–Kier alpha value is -2.16. The fourth-order valence-corrected chi connectivity index (χ4v) is 5.20. The highest BCUT2D eigenvalue weighted by molar-refractivity contribution is 7.97. The van der Waals surface area contributed by atoms with Crippen molar-refractivity contribution in [2.24, 2.45) is 0 Å². The summed E-state index contributed by atoms with van der Waals surface area (Å²) in [7, 11) is -2.33. The lowest BCUT2D eigenvalue weighted by atomic mass is 10.2. The molecule has 2 aromatic rings. The Kier molecular flexibility index (Phi) is 5.75. The predicted molar refractivity (Wildman–Crippen MR) is 103 cm³/mol. The van der Waals surface area contributed by atoms with E-state index in [2.05, 4.69) is 5.32 Å². The molecule has 0 aliphatic carbocycles. The minimum absolute atomic E-state index is 0.182. The van der Waals surface area contributed by atoms with Crippen molar-refractivity contribution in [2.75, 3.05) is 24.6 Å². The maximum Gasteiger partial charge on any atom is 0.270 e. The molecular weight excluding hydrogens is 372 g/mol. The summed E-state index contributed by atoms with van der Waals surface area (Å²) < 4.78 is 32.4. The quantitative estimate of drug-likeness (QED) is 0.579. The number of carbonyl (C=O) groups excluding carboxylic acids is 1. The number of rotatable bonds is 7. The largest absolute Gasteiger partial charge is 0.390 e. The summed E-state index contributed by atoms with van der Waals surface area (Å²) in [5, 5.41) is 4.66. The fourth-order valence-electron chi connectivity index (χ4n) is 2.69. The first-order valence-corrected chi connectivity index (χ1v) is 10.5. The Morgan fingerprint density at radius 1 is 1.23 bits per heavy atom. The lowest BCUT2D eigenvalue weighted by Gasteiger charge is -2.29. The van der Waals surface area contributed by atoms with Crippen LogP contribution in [-0.2, 0) is 21.3 Å². The van der Waals surface area contributed by atoms with E-state index >= 15 is 0 Å². The number of methoxy groups -OCH3 is 1. The number of fused-ring (bicyclic) bond motifs is 1. The SMILES string of the molecule is COCCCNC=C1C(=O)c2sccc2N(Cc2ccccc2)S1(=O)=O. The standard InChI is InChI=1S/C18H20N2O4S2/c1-24-10-5-9-19-12-16-17(21)18-15(8-11-25-18)20(26(16,22)23)13-14-6-3-2-4-7-14/h2-4,6-8,11-12,19H,5,9-10,13H2,1H3. The molecule has 1 aliphatic heterocycles. The van der Waals surface area contributed by atoms with Gasteiger partial charge in [-0.25, -0.2) is 8.42 Å². The third-order valence-electron chi connectivity index (χ3n) is 3.98. The van der Waals surface area contributed by atoms with E-state index < -0.39 is 15.8 Å². The molecule has 0 amide bonds. The van der Waals surface area contributed by atoms with Gasteiger partial charge in [0.1, 0.15) is 4.88 Å². The molecule has 0 saturated carbocycles. The van der Waals surface area contributed by atoms with Crippen LogP contribution in [0.4, 0.5) is 5.69 Å². The molecule has 1 aromatic heterocycles. The highest BCUT2D eigenvalue weighted by Crippen LogP contribution is 2.39. The molecule has 8 heteroatoms. The molecule has 2 heterocycles. The molecule has 0 radical (unpaired) electrons. The van der Waals surface area contributed by atoms with Gasteiger partial charge in [-0.05, 0) is 23.4 Å². The molecule has 0 bridgehead atoms. The lowest BCUT2D eigenvalue weighted by Crippen LogP contribution is -2.38. The van der Waals surface area contributed by atoms with E-state index in [0.717, 1.165) is 5.56 Å². The second-order valence-electron chi connectivity index (χ2n) is 5.77. The highest BCUT2D eigenvalue weighted by atomic mass is 32.2. The molecular formula is C18H20N2O4S2. The average molecular weight is 393 g/mol. The summed E-state index contributed by atoms with van der Waals surface area (Å²) >= 11 is 1.26. The van der Waals surface area contributed by atoms with Gasteiger partial charge in [0, 0.05) is 26.5 Å². The molecule has 138 valence electrons. The molecule has 3 rings (SSSR count). The Morgan fingerprint density at radius 3 is 2.73 bits per heavy atom. The highest BCUT2D eigenvalue weighted by Gasteiger charge is 2.41. The van der Waals surface area contributed by atoms with Crippen LogP contribution in [0.5, 0.6) is 0 Å². The Bertz CT molecular complexity index is 904. The van der Waals surface area contributed by atoms with Crippen LogP contribution in [0.3, 0.4) is 0 Å². The van der Waals surface area contributed by atoms with Crippen molar-refractivity contribution in [3.63, 3.8) is 0 Å². The second-order valence-corrected chi connectivity index (χ2v) is 8.52. The van der Waals surface area contributed by atoms with Crippen molar-refractivity contribution >= 4 is 32.8 Å². The van der Waals surface area contributed by atoms with Crippen molar-refractivity contribution < 1.29 is 17.9 Å². The third-order valence-corrected chi connectivity index (χ3v) is 6.65. The minimum Gasteiger partial charge on any atom is -0.390 e. The van der Waals surface area contributed by atoms with Crippen molar-refractivity contribution in [3.8, 4) is 0 Å². The zero-order valence-electron chi connectivity index (χ0n) is 14.3. The number of Topliss-reactive ketones (excluding diaryl/α,β-unsaturated/α-hetero) is 1. The second kappa shape index (κ2) is 8.03. The number of anilines is 1. The van der Waals surface area contributed by atoms with Crippen LogP contribution in [0, 0.1) is 0 Å². The van der Waals surface area contributed by atoms with Crippen molar-refractivity contribution in [1.29, 1.82) is 0 Å². The molecule has 1 N–H and O–H groups in total. The number of sulfonamides is 1. The number of hydrogen-bond donors (Lipinski definition) is 1. The van der Waals surface area contributed by atoms with E-state index in [1.165, 1.54) is 21.8 Å². The number of ether oxygens (including phenoxy) is 1. The number of nitrogens with zero attached hydrogens (tertiary/aromatic N) is 1. The van der Waals surface area contributed by atoms with Gasteiger partial charge in [-0.3, -0.25) is 9.10 Å². The predicted octanol–water partition coefficient (Wildman–Crippen LogP) is 2.75. The Labute approximate surface area is 157 Å². The first kappa shape index (κ1) is 18.6. The van der Waals surface area contributed by atoms with Gasteiger partial charge in [0.2, 0.25) is 5.78 Å². The summed E-state index contributed by atoms with van der Waals surface area (Å²) in [6.07, 6.45) is 2.03. The lowest BCUT2D eigenvalue weighted by molar-refractivity contribution is 0.104. The molecule has 0 spiro atoms. The van der Waals surface area contributed by atoms with Crippen molar-refractivity contribution in [3.05, 3.63) is 63.3 Å². The van der Waals surface area contributed by atoms with Crippen molar-refractivity contribution in [1.82, 2.24) is 5.32 Å². The zero-order valence-corrected chi connectivity index (χ0v) is 16.0. The molecule has 0 atom stereocenters. The van der Waals surface area contributed by atoms with E-state index in [4.69, 9.17) is 4.74 Å². The van der Waals surface area contributed by atoms with E-state index in [9.17, 15) is 13.2 Å². The summed E-state index contributed by atoms with van der Waals surface area (Å²) in [4.78, 5) is 12.9. The van der Waals surface area contributed by atoms with Crippen molar-refractivity contribution in [2.45, 2.75) is 13.0 Å². The number of benzene rings is 1. The van der Waals surface area contributed by atoms with E-state index in [1.807, 2.05) is 30.3 Å². The number of carbonyl (C=O) groups is 1. The van der Waals surface area contributed by atoms with Gasteiger partial charge in [0.25, 0.3) is 10.0 Å². The molecule has 0 fully saturated rings. The van der Waals surface area contributed by atoms with Gasteiger partial charge in [-0.1, -0.05) is 30.3 Å². The molecule has 1 aromatic carbocycles. The van der Waals surface area contributed by atoms with Gasteiger partial charge in [-0.15, -0.1) is 11.3 Å². The maximum atomic E-state index is 13.1. The summed E-state index contributed by atoms with van der Waals surface area (Å²) in [5.41, 5.74) is 1.30. The molecule has 1 aliphatic rings. The maximum absolute atomic E-state index is 13.1. The first-order chi connectivity index (χ1) is 12.6.